The molecule has 2 aliphatic carbocycles. The predicted molar refractivity (Wildman–Crippen MR) is 82.2 cm³/mol. The third-order valence-electron chi connectivity index (χ3n) is 5.07. The van der Waals surface area contributed by atoms with Gasteiger partial charge in [-0.15, -0.1) is 0 Å². The lowest BCUT2D eigenvalue weighted by Crippen LogP contribution is -2.65. The van der Waals surface area contributed by atoms with Gasteiger partial charge < -0.3 is 20.1 Å². The highest BCUT2D eigenvalue weighted by molar-refractivity contribution is 5.78. The van der Waals surface area contributed by atoms with Gasteiger partial charge in [0.25, 0.3) is 0 Å². The van der Waals surface area contributed by atoms with Crippen LogP contribution >= 0.6 is 0 Å². The summed E-state index contributed by atoms with van der Waals surface area (Å²) in [6.07, 6.45) is 7.83. The van der Waals surface area contributed by atoms with Gasteiger partial charge in [0.2, 0.25) is 5.91 Å². The van der Waals surface area contributed by atoms with Crippen LogP contribution in [0.2, 0.25) is 0 Å². The lowest BCUT2D eigenvalue weighted by molar-refractivity contribution is -0.151. The van der Waals surface area contributed by atoms with Gasteiger partial charge in [-0.3, -0.25) is 4.79 Å². The van der Waals surface area contributed by atoms with Crippen molar-refractivity contribution in [1.82, 2.24) is 10.6 Å². The molecule has 21 heavy (non-hydrogen) atoms. The molecule has 5 nitrogen and oxygen atoms in total. The van der Waals surface area contributed by atoms with Crippen molar-refractivity contribution in [3.05, 3.63) is 0 Å². The topological polar surface area (TPSA) is 59.6 Å². The molecule has 2 fully saturated rings. The van der Waals surface area contributed by atoms with Crippen LogP contribution in [0, 0.1) is 5.41 Å². The Hall–Kier alpha value is -0.650. The number of rotatable bonds is 8. The Bertz CT molecular complexity index is 329. The fourth-order valence-electron chi connectivity index (χ4n) is 3.92. The second-order valence-electron chi connectivity index (χ2n) is 6.25. The van der Waals surface area contributed by atoms with E-state index in [1.54, 1.807) is 7.11 Å². The van der Waals surface area contributed by atoms with Crippen LogP contribution in [0.15, 0.2) is 0 Å². The van der Waals surface area contributed by atoms with Gasteiger partial charge in [-0.1, -0.05) is 19.3 Å². The summed E-state index contributed by atoms with van der Waals surface area (Å²) in [5.74, 6) is 0.0536. The van der Waals surface area contributed by atoms with Crippen LogP contribution in [0.5, 0.6) is 0 Å². The minimum absolute atomic E-state index is 0.0536. The molecule has 2 aliphatic rings. The molecule has 0 aromatic heterocycles. The SMILES string of the molecule is CCOC1CC(NCC(=O)NCCOC)C12CCCCC2. The molecule has 0 aliphatic heterocycles. The Morgan fingerprint density at radius 3 is 2.71 bits per heavy atom. The van der Waals surface area contributed by atoms with Gasteiger partial charge in [0.05, 0.1) is 19.3 Å². The van der Waals surface area contributed by atoms with Gasteiger partial charge in [0, 0.05) is 31.7 Å². The van der Waals surface area contributed by atoms with E-state index in [9.17, 15) is 4.79 Å². The van der Waals surface area contributed by atoms with Crippen LogP contribution in [-0.4, -0.2) is 51.5 Å². The quantitative estimate of drug-likeness (QED) is 0.666. The van der Waals surface area contributed by atoms with Crippen molar-refractivity contribution in [1.29, 1.82) is 0 Å². The van der Waals surface area contributed by atoms with Gasteiger partial charge >= 0.3 is 0 Å². The molecular weight excluding hydrogens is 268 g/mol. The Balaban J connectivity index is 1.78. The number of amides is 1. The maximum Gasteiger partial charge on any atom is 0.234 e. The third-order valence-corrected chi connectivity index (χ3v) is 5.07. The summed E-state index contributed by atoms with van der Waals surface area (Å²) in [5, 5.41) is 6.32. The molecule has 5 heteroatoms. The van der Waals surface area contributed by atoms with E-state index >= 15 is 0 Å². The Labute approximate surface area is 128 Å². The summed E-state index contributed by atoms with van der Waals surface area (Å²) in [6, 6.07) is 0.433. The van der Waals surface area contributed by atoms with Crippen molar-refractivity contribution in [3.8, 4) is 0 Å². The van der Waals surface area contributed by atoms with Crippen LogP contribution in [0.1, 0.15) is 45.4 Å². The molecule has 2 saturated carbocycles. The monoisotopic (exact) mass is 298 g/mol. The van der Waals surface area contributed by atoms with Crippen molar-refractivity contribution >= 4 is 5.91 Å². The smallest absolute Gasteiger partial charge is 0.234 e. The van der Waals surface area contributed by atoms with Crippen LogP contribution in [-0.2, 0) is 14.3 Å². The average molecular weight is 298 g/mol. The summed E-state index contributed by atoms with van der Waals surface area (Å²) < 4.78 is 10.9. The summed E-state index contributed by atoms with van der Waals surface area (Å²) in [5.41, 5.74) is 0.279. The molecule has 2 atom stereocenters. The van der Waals surface area contributed by atoms with Gasteiger partial charge in [0.1, 0.15) is 0 Å². The molecule has 1 amide bonds. The molecule has 0 heterocycles. The molecule has 0 radical (unpaired) electrons. The highest BCUT2D eigenvalue weighted by Crippen LogP contribution is 2.53. The third kappa shape index (κ3) is 3.96. The molecule has 2 unspecified atom stereocenters. The lowest BCUT2D eigenvalue weighted by Gasteiger charge is -2.58. The average Bonchev–Trinajstić information content (AvgIpc) is 2.51. The number of hydrogen-bond acceptors (Lipinski definition) is 4. The summed E-state index contributed by atoms with van der Waals surface area (Å²) in [4.78, 5) is 11.8. The number of ether oxygens (including phenoxy) is 2. The van der Waals surface area contributed by atoms with Crippen molar-refractivity contribution in [2.75, 3.05) is 33.4 Å². The lowest BCUT2D eigenvalue weighted by atomic mass is 9.55. The van der Waals surface area contributed by atoms with Crippen LogP contribution < -0.4 is 10.6 Å². The number of methoxy groups -OCH3 is 1. The summed E-state index contributed by atoms with van der Waals surface area (Å²) >= 11 is 0. The number of carbonyl (C=O) groups excluding carboxylic acids is 1. The first-order valence-electron chi connectivity index (χ1n) is 8.33. The maximum atomic E-state index is 11.8. The largest absolute Gasteiger partial charge is 0.383 e. The molecule has 2 rings (SSSR count). The van der Waals surface area contributed by atoms with Crippen molar-refractivity contribution < 1.29 is 14.3 Å². The van der Waals surface area contributed by atoms with Crippen molar-refractivity contribution in [2.24, 2.45) is 5.41 Å². The normalized spacial score (nSPS) is 27.3. The molecule has 1 spiro atoms. The van der Waals surface area contributed by atoms with Gasteiger partial charge in [0.15, 0.2) is 0 Å². The van der Waals surface area contributed by atoms with Crippen molar-refractivity contribution in [2.45, 2.75) is 57.6 Å². The Morgan fingerprint density at radius 1 is 1.29 bits per heavy atom. The van der Waals surface area contributed by atoms with E-state index in [1.165, 1.54) is 32.1 Å². The Kier molecular flexibility index (Phi) is 6.45. The fourth-order valence-corrected chi connectivity index (χ4v) is 3.92. The minimum atomic E-state index is 0.0536. The van der Waals surface area contributed by atoms with E-state index in [2.05, 4.69) is 17.6 Å². The van der Waals surface area contributed by atoms with E-state index in [-0.39, 0.29) is 11.3 Å². The number of nitrogens with one attached hydrogen (secondary N) is 2. The second kappa shape index (κ2) is 8.11. The highest BCUT2D eigenvalue weighted by Gasteiger charge is 2.55. The zero-order chi connectivity index (χ0) is 15.1. The number of hydrogen-bond donors (Lipinski definition) is 2. The van der Waals surface area contributed by atoms with Gasteiger partial charge in [-0.2, -0.15) is 0 Å². The minimum Gasteiger partial charge on any atom is -0.383 e. The van der Waals surface area contributed by atoms with Crippen LogP contribution in [0.3, 0.4) is 0 Å². The first-order valence-corrected chi connectivity index (χ1v) is 8.33. The highest BCUT2D eigenvalue weighted by atomic mass is 16.5. The predicted octanol–water partition coefficient (Wildman–Crippen LogP) is 1.47. The standard InChI is InChI=1S/C16H30N2O3/c1-3-21-14-11-13(16(14)7-5-4-6-8-16)18-12-15(19)17-9-10-20-2/h13-14,18H,3-12H2,1-2H3,(H,17,19). The van der Waals surface area contributed by atoms with E-state index < -0.39 is 0 Å². The number of carbonyl (C=O) groups is 1. The molecular formula is C16H30N2O3. The van der Waals surface area contributed by atoms with Crippen LogP contribution in [0.25, 0.3) is 0 Å². The van der Waals surface area contributed by atoms with E-state index in [0.717, 1.165) is 13.0 Å². The van der Waals surface area contributed by atoms with E-state index in [4.69, 9.17) is 9.47 Å². The second-order valence-corrected chi connectivity index (χ2v) is 6.25. The van der Waals surface area contributed by atoms with Gasteiger partial charge in [-0.05, 0) is 26.2 Å². The first-order chi connectivity index (χ1) is 10.2. The van der Waals surface area contributed by atoms with Crippen molar-refractivity contribution in [3.63, 3.8) is 0 Å². The summed E-state index contributed by atoms with van der Waals surface area (Å²) in [7, 11) is 1.64. The van der Waals surface area contributed by atoms with E-state index in [0.29, 0.717) is 31.8 Å². The van der Waals surface area contributed by atoms with E-state index in [1.807, 2.05) is 0 Å². The zero-order valence-electron chi connectivity index (χ0n) is 13.5. The molecule has 0 aromatic rings. The van der Waals surface area contributed by atoms with Gasteiger partial charge in [-0.25, -0.2) is 0 Å². The van der Waals surface area contributed by atoms with Crippen LogP contribution in [0.4, 0.5) is 0 Å². The molecule has 2 N–H and O–H groups in total. The first kappa shape index (κ1) is 16.7. The Morgan fingerprint density at radius 2 is 2.05 bits per heavy atom. The fraction of sp³-hybridized carbons (Fsp3) is 0.938. The summed E-state index contributed by atoms with van der Waals surface area (Å²) in [6.45, 7) is 4.39. The molecule has 0 saturated heterocycles. The molecule has 0 bridgehead atoms. The molecule has 122 valence electrons. The molecule has 0 aromatic carbocycles. The maximum absolute atomic E-state index is 11.8. The zero-order valence-corrected chi connectivity index (χ0v) is 13.5.